The first-order valence-electron chi connectivity index (χ1n) is 8.40. The van der Waals surface area contributed by atoms with Gasteiger partial charge in [-0.1, -0.05) is 0 Å². The van der Waals surface area contributed by atoms with Crippen LogP contribution in [0.3, 0.4) is 0 Å². The van der Waals surface area contributed by atoms with Gasteiger partial charge in [0.25, 0.3) is 0 Å². The van der Waals surface area contributed by atoms with Gasteiger partial charge in [0.1, 0.15) is 0 Å². The Hall–Kier alpha value is -1.40. The molecular weight excluding hydrogens is 280 g/mol. The molecule has 2 N–H and O–H groups in total. The Morgan fingerprint density at radius 2 is 1.50 bits per heavy atom. The van der Waals surface area contributed by atoms with Crippen molar-refractivity contribution in [3.05, 3.63) is 12.3 Å². The highest BCUT2D eigenvalue weighted by atomic mass is 16.5. The normalized spacial score (nSPS) is 20.7. The summed E-state index contributed by atoms with van der Waals surface area (Å²) in [6, 6.07) is 2.24. The van der Waals surface area contributed by atoms with Crippen LogP contribution < -0.4 is 20.1 Å². The van der Waals surface area contributed by atoms with E-state index in [4.69, 9.17) is 9.47 Å². The van der Waals surface area contributed by atoms with Crippen LogP contribution in [0.5, 0.6) is 11.9 Å². The average Bonchev–Trinajstić information content (AvgIpc) is 2.60. The first-order chi connectivity index (χ1) is 10.9. The second-order valence-electron chi connectivity index (χ2n) is 6.19. The second-order valence-corrected chi connectivity index (χ2v) is 6.19. The molecule has 0 radical (unpaired) electrons. The van der Waals surface area contributed by atoms with Crippen molar-refractivity contribution < 1.29 is 9.47 Å². The molecule has 6 heteroatoms. The van der Waals surface area contributed by atoms with Gasteiger partial charge in [0.15, 0.2) is 0 Å². The van der Waals surface area contributed by atoms with E-state index in [1.54, 1.807) is 12.3 Å². The molecule has 122 valence electrons. The zero-order chi connectivity index (χ0) is 15.0. The minimum atomic E-state index is 0.432. The van der Waals surface area contributed by atoms with Gasteiger partial charge in [0.05, 0.1) is 13.2 Å². The molecule has 3 rings (SSSR count). The Bertz CT molecular complexity index is 408. The minimum Gasteiger partial charge on any atom is -0.477 e. The number of nitrogens with one attached hydrogen (secondary N) is 2. The Morgan fingerprint density at radius 3 is 2.14 bits per heavy atom. The summed E-state index contributed by atoms with van der Waals surface area (Å²) >= 11 is 0. The topological polar surface area (TPSA) is 68.3 Å². The van der Waals surface area contributed by atoms with E-state index in [0.717, 1.165) is 45.6 Å². The quantitative estimate of drug-likeness (QED) is 0.824. The van der Waals surface area contributed by atoms with Gasteiger partial charge in [-0.3, -0.25) is 0 Å². The van der Waals surface area contributed by atoms with Gasteiger partial charge < -0.3 is 20.1 Å². The van der Waals surface area contributed by atoms with Crippen LogP contribution in [-0.2, 0) is 0 Å². The number of aromatic nitrogens is 2. The molecule has 0 atom stereocenters. The van der Waals surface area contributed by atoms with E-state index in [1.165, 1.54) is 12.8 Å². The molecule has 1 aromatic rings. The van der Waals surface area contributed by atoms with E-state index in [9.17, 15) is 0 Å². The summed E-state index contributed by atoms with van der Waals surface area (Å²) in [5, 5.41) is 6.72. The molecule has 0 spiro atoms. The Morgan fingerprint density at radius 1 is 0.909 bits per heavy atom. The molecule has 0 aromatic carbocycles. The molecule has 0 aliphatic carbocycles. The van der Waals surface area contributed by atoms with Crippen molar-refractivity contribution in [1.29, 1.82) is 0 Å². The lowest BCUT2D eigenvalue weighted by Gasteiger charge is -2.23. The van der Waals surface area contributed by atoms with Crippen LogP contribution in [0.4, 0.5) is 0 Å². The molecule has 0 bridgehead atoms. The van der Waals surface area contributed by atoms with Crippen molar-refractivity contribution in [2.45, 2.75) is 25.7 Å². The summed E-state index contributed by atoms with van der Waals surface area (Å²) in [5.41, 5.74) is 0. The van der Waals surface area contributed by atoms with E-state index >= 15 is 0 Å². The van der Waals surface area contributed by atoms with E-state index in [2.05, 4.69) is 20.6 Å². The second kappa shape index (κ2) is 8.29. The molecule has 0 saturated carbocycles. The van der Waals surface area contributed by atoms with Crippen molar-refractivity contribution in [2.75, 3.05) is 39.4 Å². The van der Waals surface area contributed by atoms with Crippen molar-refractivity contribution in [3.8, 4) is 11.9 Å². The SMILES string of the molecule is c1cc(OCC2CCNCC2)nc(OCC2CCNCC2)n1. The van der Waals surface area contributed by atoms with Crippen molar-refractivity contribution in [2.24, 2.45) is 11.8 Å². The highest BCUT2D eigenvalue weighted by molar-refractivity contribution is 5.11. The van der Waals surface area contributed by atoms with Crippen LogP contribution in [0.15, 0.2) is 12.3 Å². The van der Waals surface area contributed by atoms with Gasteiger partial charge in [-0.15, -0.1) is 0 Å². The van der Waals surface area contributed by atoms with Crippen LogP contribution >= 0.6 is 0 Å². The summed E-state index contributed by atoms with van der Waals surface area (Å²) in [6.07, 6.45) is 6.37. The molecule has 0 unspecified atom stereocenters. The third-order valence-corrected chi connectivity index (χ3v) is 4.44. The Kier molecular flexibility index (Phi) is 5.84. The predicted molar refractivity (Wildman–Crippen MR) is 84.2 cm³/mol. The van der Waals surface area contributed by atoms with Crippen molar-refractivity contribution in [1.82, 2.24) is 20.6 Å². The number of rotatable bonds is 6. The number of hydrogen-bond donors (Lipinski definition) is 2. The molecule has 22 heavy (non-hydrogen) atoms. The van der Waals surface area contributed by atoms with Crippen LogP contribution in [0.2, 0.25) is 0 Å². The van der Waals surface area contributed by atoms with Crippen LogP contribution in [0, 0.1) is 11.8 Å². The van der Waals surface area contributed by atoms with Crippen LogP contribution in [0.25, 0.3) is 0 Å². The van der Waals surface area contributed by atoms with E-state index < -0.39 is 0 Å². The van der Waals surface area contributed by atoms with Crippen molar-refractivity contribution in [3.63, 3.8) is 0 Å². The molecule has 2 aliphatic heterocycles. The standard InChI is InChI=1S/C16H26N4O2/c1-6-17-7-2-13(1)11-21-15-5-10-19-16(20-15)22-12-14-3-8-18-9-4-14/h5,10,13-14,17-18H,1-4,6-9,11-12H2. The maximum Gasteiger partial charge on any atom is 0.319 e. The number of ether oxygens (including phenoxy) is 2. The number of hydrogen-bond acceptors (Lipinski definition) is 6. The smallest absolute Gasteiger partial charge is 0.319 e. The molecule has 3 heterocycles. The first kappa shape index (κ1) is 15.5. The van der Waals surface area contributed by atoms with Gasteiger partial charge in [0.2, 0.25) is 5.88 Å². The fraction of sp³-hybridized carbons (Fsp3) is 0.750. The molecule has 0 amide bonds. The zero-order valence-corrected chi connectivity index (χ0v) is 13.1. The third-order valence-electron chi connectivity index (χ3n) is 4.44. The van der Waals surface area contributed by atoms with Crippen molar-refractivity contribution >= 4 is 0 Å². The maximum atomic E-state index is 5.81. The summed E-state index contributed by atoms with van der Waals surface area (Å²) in [7, 11) is 0. The lowest BCUT2D eigenvalue weighted by Crippen LogP contribution is -2.31. The fourth-order valence-corrected chi connectivity index (χ4v) is 2.97. The van der Waals surface area contributed by atoms with E-state index in [0.29, 0.717) is 30.3 Å². The lowest BCUT2D eigenvalue weighted by molar-refractivity contribution is 0.189. The van der Waals surface area contributed by atoms with E-state index in [1.807, 2.05) is 0 Å². The van der Waals surface area contributed by atoms with Gasteiger partial charge in [0, 0.05) is 12.3 Å². The molecule has 2 fully saturated rings. The molecule has 1 aromatic heterocycles. The fourth-order valence-electron chi connectivity index (χ4n) is 2.97. The van der Waals surface area contributed by atoms with Gasteiger partial charge in [-0.2, -0.15) is 4.98 Å². The largest absolute Gasteiger partial charge is 0.477 e. The van der Waals surface area contributed by atoms with E-state index in [-0.39, 0.29) is 0 Å². The van der Waals surface area contributed by atoms with Crippen LogP contribution in [-0.4, -0.2) is 49.4 Å². The summed E-state index contributed by atoms with van der Waals surface area (Å²) < 4.78 is 11.5. The number of piperidine rings is 2. The lowest BCUT2D eigenvalue weighted by atomic mass is 9.99. The maximum absolute atomic E-state index is 5.81. The Balaban J connectivity index is 1.44. The zero-order valence-electron chi connectivity index (χ0n) is 13.1. The summed E-state index contributed by atoms with van der Waals surface area (Å²) in [4.78, 5) is 8.53. The monoisotopic (exact) mass is 306 g/mol. The van der Waals surface area contributed by atoms with Crippen LogP contribution in [0.1, 0.15) is 25.7 Å². The molecule has 6 nitrogen and oxygen atoms in total. The molecule has 2 saturated heterocycles. The average molecular weight is 306 g/mol. The number of nitrogens with zero attached hydrogens (tertiary/aromatic N) is 2. The van der Waals surface area contributed by atoms with Gasteiger partial charge >= 0.3 is 6.01 Å². The minimum absolute atomic E-state index is 0.432. The first-order valence-corrected chi connectivity index (χ1v) is 8.40. The summed E-state index contributed by atoms with van der Waals surface area (Å²) in [5.74, 6) is 1.84. The van der Waals surface area contributed by atoms with Gasteiger partial charge in [-0.05, 0) is 63.7 Å². The molecular formula is C16H26N4O2. The highest BCUT2D eigenvalue weighted by Crippen LogP contribution is 2.17. The third kappa shape index (κ3) is 4.81. The van der Waals surface area contributed by atoms with Gasteiger partial charge in [-0.25, -0.2) is 4.98 Å². The highest BCUT2D eigenvalue weighted by Gasteiger charge is 2.16. The predicted octanol–water partition coefficient (Wildman–Crippen LogP) is 1.23. The Labute approximate surface area is 132 Å². The molecule has 2 aliphatic rings. The summed E-state index contributed by atoms with van der Waals surface area (Å²) in [6.45, 7) is 5.75.